The third-order valence-corrected chi connectivity index (χ3v) is 3.06. The molecule has 0 saturated heterocycles. The fourth-order valence-electron chi connectivity index (χ4n) is 2.08. The lowest BCUT2D eigenvalue weighted by Crippen LogP contribution is -2.12. The maximum absolute atomic E-state index is 12.2. The second-order valence-corrected chi connectivity index (χ2v) is 4.45. The van der Waals surface area contributed by atoms with Crippen molar-refractivity contribution >= 4 is 22.5 Å². The van der Waals surface area contributed by atoms with Gasteiger partial charge in [0.05, 0.1) is 0 Å². The Labute approximate surface area is 116 Å². The van der Waals surface area contributed by atoms with Crippen LogP contribution in [0.4, 0.5) is 5.69 Å². The number of H-pyrrole nitrogens is 1. The van der Waals surface area contributed by atoms with Crippen molar-refractivity contribution in [1.82, 2.24) is 4.98 Å². The van der Waals surface area contributed by atoms with Gasteiger partial charge in [0, 0.05) is 22.2 Å². The first-order chi connectivity index (χ1) is 9.76. The van der Waals surface area contributed by atoms with Crippen LogP contribution in [-0.4, -0.2) is 10.9 Å². The lowest BCUT2D eigenvalue weighted by Gasteiger charge is -2.03. The monoisotopic (exact) mass is 260 g/mol. The molecule has 3 rings (SSSR count). The predicted molar refractivity (Wildman–Crippen MR) is 80.6 cm³/mol. The summed E-state index contributed by atoms with van der Waals surface area (Å²) in [5, 5.41) is 3.84. The molecule has 3 nitrogen and oxygen atoms in total. The highest BCUT2D eigenvalue weighted by Crippen LogP contribution is 2.16. The highest BCUT2D eigenvalue weighted by Gasteiger charge is 2.09. The molecule has 0 radical (unpaired) electrons. The van der Waals surface area contributed by atoms with E-state index in [1.54, 1.807) is 12.1 Å². The van der Waals surface area contributed by atoms with Crippen molar-refractivity contribution in [2.45, 2.75) is 0 Å². The van der Waals surface area contributed by atoms with E-state index in [4.69, 9.17) is 6.42 Å². The lowest BCUT2D eigenvalue weighted by molar-refractivity contribution is 0.102. The van der Waals surface area contributed by atoms with Crippen LogP contribution in [-0.2, 0) is 0 Å². The van der Waals surface area contributed by atoms with Gasteiger partial charge in [-0.2, -0.15) is 0 Å². The zero-order valence-corrected chi connectivity index (χ0v) is 10.7. The molecule has 20 heavy (non-hydrogen) atoms. The molecule has 0 bridgehead atoms. The average Bonchev–Trinajstić information content (AvgIpc) is 2.91. The Morgan fingerprint density at radius 3 is 2.75 bits per heavy atom. The fourth-order valence-corrected chi connectivity index (χ4v) is 2.08. The van der Waals surface area contributed by atoms with Crippen LogP contribution in [0.2, 0.25) is 0 Å². The summed E-state index contributed by atoms with van der Waals surface area (Å²) in [6.07, 6.45) is 5.34. The van der Waals surface area contributed by atoms with Crippen LogP contribution >= 0.6 is 0 Å². The number of carbonyl (C=O) groups is 1. The molecule has 2 aromatic carbocycles. The van der Waals surface area contributed by atoms with Crippen LogP contribution in [0.1, 0.15) is 16.1 Å². The number of para-hydroxylation sites is 1. The van der Waals surface area contributed by atoms with E-state index in [-0.39, 0.29) is 5.91 Å². The van der Waals surface area contributed by atoms with Gasteiger partial charge in [-0.25, -0.2) is 0 Å². The van der Waals surface area contributed by atoms with Gasteiger partial charge in [0.15, 0.2) is 0 Å². The smallest absolute Gasteiger partial charge is 0.272 e. The third-order valence-electron chi connectivity index (χ3n) is 3.06. The lowest BCUT2D eigenvalue weighted by atomic mass is 10.2. The number of amides is 1. The number of nitrogens with one attached hydrogen (secondary N) is 2. The van der Waals surface area contributed by atoms with Crippen LogP contribution in [0.15, 0.2) is 54.6 Å². The summed E-state index contributed by atoms with van der Waals surface area (Å²) in [6, 6.07) is 16.8. The van der Waals surface area contributed by atoms with E-state index in [2.05, 4.69) is 16.2 Å². The molecule has 0 aliphatic carbocycles. The SMILES string of the molecule is C#Cc1cccc(NC(=O)c2cc3ccccc3[nH]2)c1. The Morgan fingerprint density at radius 2 is 1.95 bits per heavy atom. The van der Waals surface area contributed by atoms with Crippen molar-refractivity contribution in [2.75, 3.05) is 5.32 Å². The van der Waals surface area contributed by atoms with E-state index in [1.807, 2.05) is 42.5 Å². The van der Waals surface area contributed by atoms with E-state index in [1.165, 1.54) is 0 Å². The van der Waals surface area contributed by atoms with Crippen molar-refractivity contribution in [3.63, 3.8) is 0 Å². The first-order valence-corrected chi connectivity index (χ1v) is 6.22. The zero-order chi connectivity index (χ0) is 13.9. The second-order valence-electron chi connectivity index (χ2n) is 4.45. The fraction of sp³-hybridized carbons (Fsp3) is 0. The summed E-state index contributed by atoms with van der Waals surface area (Å²) in [5.74, 6) is 2.36. The third kappa shape index (κ3) is 2.27. The first kappa shape index (κ1) is 12.1. The molecule has 0 aliphatic heterocycles. The molecule has 1 heterocycles. The molecule has 0 atom stereocenters. The molecular weight excluding hydrogens is 248 g/mol. The second kappa shape index (κ2) is 4.94. The van der Waals surface area contributed by atoms with Crippen molar-refractivity contribution < 1.29 is 4.79 Å². The molecule has 1 amide bonds. The van der Waals surface area contributed by atoms with Gasteiger partial charge in [0.2, 0.25) is 0 Å². The number of benzene rings is 2. The summed E-state index contributed by atoms with van der Waals surface area (Å²) < 4.78 is 0. The van der Waals surface area contributed by atoms with Gasteiger partial charge >= 0.3 is 0 Å². The molecule has 0 spiro atoms. The Balaban J connectivity index is 1.87. The minimum Gasteiger partial charge on any atom is -0.351 e. The summed E-state index contributed by atoms with van der Waals surface area (Å²) in [6.45, 7) is 0. The van der Waals surface area contributed by atoms with Gasteiger partial charge in [-0.15, -0.1) is 6.42 Å². The molecule has 0 aliphatic rings. The average molecular weight is 260 g/mol. The number of rotatable bonds is 2. The van der Waals surface area contributed by atoms with Crippen molar-refractivity contribution in [2.24, 2.45) is 0 Å². The van der Waals surface area contributed by atoms with Gasteiger partial charge in [-0.3, -0.25) is 4.79 Å². The molecule has 0 saturated carbocycles. The van der Waals surface area contributed by atoms with E-state index in [0.717, 1.165) is 16.5 Å². The number of aromatic amines is 1. The van der Waals surface area contributed by atoms with Gasteiger partial charge in [-0.05, 0) is 30.3 Å². The number of anilines is 1. The minimum atomic E-state index is -0.185. The van der Waals surface area contributed by atoms with Crippen LogP contribution in [0.25, 0.3) is 10.9 Å². The van der Waals surface area contributed by atoms with Crippen LogP contribution in [0.5, 0.6) is 0 Å². The maximum Gasteiger partial charge on any atom is 0.272 e. The number of hydrogen-bond donors (Lipinski definition) is 2. The largest absolute Gasteiger partial charge is 0.351 e. The molecular formula is C17H12N2O. The van der Waals surface area contributed by atoms with Gasteiger partial charge in [0.25, 0.3) is 5.91 Å². The van der Waals surface area contributed by atoms with E-state index in [0.29, 0.717) is 11.4 Å². The standard InChI is InChI=1S/C17H12N2O/c1-2-12-6-5-8-14(10-12)18-17(20)16-11-13-7-3-4-9-15(13)19-16/h1,3-11,19H,(H,18,20). The van der Waals surface area contributed by atoms with Crippen LogP contribution < -0.4 is 5.32 Å². The summed E-state index contributed by atoms with van der Waals surface area (Å²) in [4.78, 5) is 15.3. The Morgan fingerprint density at radius 1 is 1.10 bits per heavy atom. The number of fused-ring (bicyclic) bond motifs is 1. The summed E-state index contributed by atoms with van der Waals surface area (Å²) in [7, 11) is 0. The quantitative estimate of drug-likeness (QED) is 0.681. The normalized spacial score (nSPS) is 10.2. The van der Waals surface area contributed by atoms with Crippen molar-refractivity contribution in [1.29, 1.82) is 0 Å². The van der Waals surface area contributed by atoms with Gasteiger partial charge in [0.1, 0.15) is 5.69 Å². The highest BCUT2D eigenvalue weighted by molar-refractivity contribution is 6.05. The number of carbonyl (C=O) groups excluding carboxylic acids is 1. The molecule has 0 unspecified atom stereocenters. The Kier molecular flexibility index (Phi) is 2.98. The summed E-state index contributed by atoms with van der Waals surface area (Å²) >= 11 is 0. The molecule has 1 aromatic heterocycles. The van der Waals surface area contributed by atoms with Gasteiger partial charge in [-0.1, -0.05) is 30.2 Å². The van der Waals surface area contributed by atoms with Crippen LogP contribution in [0, 0.1) is 12.3 Å². The number of aromatic nitrogens is 1. The minimum absolute atomic E-state index is 0.185. The van der Waals surface area contributed by atoms with Crippen molar-refractivity contribution in [3.8, 4) is 12.3 Å². The summed E-state index contributed by atoms with van der Waals surface area (Å²) in [5.41, 5.74) is 2.89. The number of terminal acetylenes is 1. The molecule has 96 valence electrons. The van der Waals surface area contributed by atoms with E-state index < -0.39 is 0 Å². The van der Waals surface area contributed by atoms with Crippen LogP contribution in [0.3, 0.4) is 0 Å². The maximum atomic E-state index is 12.2. The molecule has 3 heteroatoms. The molecule has 2 N–H and O–H groups in total. The van der Waals surface area contributed by atoms with E-state index >= 15 is 0 Å². The number of hydrogen-bond acceptors (Lipinski definition) is 1. The topological polar surface area (TPSA) is 44.9 Å². The molecule has 3 aromatic rings. The van der Waals surface area contributed by atoms with E-state index in [9.17, 15) is 4.79 Å². The first-order valence-electron chi connectivity index (χ1n) is 6.22. The van der Waals surface area contributed by atoms with Gasteiger partial charge < -0.3 is 10.3 Å². The predicted octanol–water partition coefficient (Wildman–Crippen LogP) is 3.40. The molecule has 0 fully saturated rings. The Hall–Kier alpha value is -2.99. The highest BCUT2D eigenvalue weighted by atomic mass is 16.1. The Bertz CT molecular complexity index is 791. The zero-order valence-electron chi connectivity index (χ0n) is 10.7. The van der Waals surface area contributed by atoms with Crippen molar-refractivity contribution in [3.05, 3.63) is 65.9 Å².